The molecule has 2 N–H and O–H groups in total. The van der Waals surface area contributed by atoms with Crippen molar-refractivity contribution in [2.75, 3.05) is 7.11 Å². The Kier molecular flexibility index (Phi) is 6.81. The van der Waals surface area contributed by atoms with Crippen LogP contribution >= 0.6 is 11.6 Å². The molecule has 2 aromatic carbocycles. The lowest BCUT2D eigenvalue weighted by Crippen LogP contribution is -2.41. The molecule has 0 saturated heterocycles. The van der Waals surface area contributed by atoms with Gasteiger partial charge in [0.2, 0.25) is 5.91 Å². The smallest absolute Gasteiger partial charge is 0.326 e. The molecule has 0 aromatic heterocycles. The fourth-order valence-corrected chi connectivity index (χ4v) is 2.55. The number of aliphatic carboxylic acids is 1. The van der Waals surface area contributed by atoms with E-state index in [9.17, 15) is 14.7 Å². The van der Waals surface area contributed by atoms with Crippen molar-refractivity contribution in [1.82, 2.24) is 5.32 Å². The van der Waals surface area contributed by atoms with Crippen LogP contribution in [-0.4, -0.2) is 30.1 Å². The lowest BCUT2D eigenvalue weighted by Gasteiger charge is -2.14. The van der Waals surface area contributed by atoms with Crippen LogP contribution in [0.2, 0.25) is 0 Å². The van der Waals surface area contributed by atoms with Gasteiger partial charge >= 0.3 is 5.97 Å². The molecule has 0 spiro atoms. The standard InChI is InChI=1S/C20H20ClNO4/c1-13-3-7-15(8-4-13)17(21)12-19(23)22-18(20(24)25)11-14-5-9-16(26-2)10-6-14/h3-10,12,18H,11H2,1-2H3,(H,22,23)(H,24,25)/t18-/m0/s1. The molecule has 0 radical (unpaired) electrons. The molecule has 0 fully saturated rings. The van der Waals surface area contributed by atoms with Crippen molar-refractivity contribution in [2.45, 2.75) is 19.4 Å². The van der Waals surface area contributed by atoms with Crippen LogP contribution in [0.5, 0.6) is 5.75 Å². The summed E-state index contributed by atoms with van der Waals surface area (Å²) in [4.78, 5) is 23.6. The zero-order valence-corrected chi connectivity index (χ0v) is 15.3. The van der Waals surface area contributed by atoms with Crippen LogP contribution < -0.4 is 10.1 Å². The summed E-state index contributed by atoms with van der Waals surface area (Å²) in [5.74, 6) is -0.997. The minimum Gasteiger partial charge on any atom is -0.497 e. The predicted molar refractivity (Wildman–Crippen MR) is 101 cm³/mol. The minimum atomic E-state index is -1.12. The molecule has 5 nitrogen and oxygen atoms in total. The van der Waals surface area contributed by atoms with E-state index >= 15 is 0 Å². The second-order valence-electron chi connectivity index (χ2n) is 5.81. The summed E-state index contributed by atoms with van der Waals surface area (Å²) in [6, 6.07) is 13.3. The summed E-state index contributed by atoms with van der Waals surface area (Å²) in [6.07, 6.45) is 1.34. The van der Waals surface area contributed by atoms with Gasteiger partial charge in [-0.15, -0.1) is 0 Å². The van der Waals surface area contributed by atoms with Gasteiger partial charge in [-0.2, -0.15) is 0 Å². The quantitative estimate of drug-likeness (QED) is 0.729. The molecule has 1 amide bonds. The first-order valence-electron chi connectivity index (χ1n) is 7.99. The summed E-state index contributed by atoms with van der Waals surface area (Å²) < 4.78 is 5.07. The molecular formula is C20H20ClNO4. The van der Waals surface area contributed by atoms with Crippen molar-refractivity contribution in [3.63, 3.8) is 0 Å². The zero-order chi connectivity index (χ0) is 19.1. The molecule has 1 atom stereocenters. The topological polar surface area (TPSA) is 75.6 Å². The molecule has 0 unspecified atom stereocenters. The third-order valence-corrected chi connectivity index (χ3v) is 4.13. The highest BCUT2D eigenvalue weighted by molar-refractivity contribution is 6.50. The highest BCUT2D eigenvalue weighted by Crippen LogP contribution is 2.19. The number of hydrogen-bond acceptors (Lipinski definition) is 3. The van der Waals surface area contributed by atoms with Gasteiger partial charge in [0.05, 0.1) is 12.1 Å². The Morgan fingerprint density at radius 3 is 2.31 bits per heavy atom. The molecule has 0 aliphatic heterocycles. The lowest BCUT2D eigenvalue weighted by molar-refractivity contribution is -0.141. The van der Waals surface area contributed by atoms with Crippen molar-refractivity contribution >= 4 is 28.5 Å². The van der Waals surface area contributed by atoms with Crippen LogP contribution in [0.4, 0.5) is 0 Å². The van der Waals surface area contributed by atoms with Crippen LogP contribution in [0.25, 0.3) is 5.03 Å². The molecule has 2 aromatic rings. The van der Waals surface area contributed by atoms with Gasteiger partial charge in [0, 0.05) is 12.5 Å². The molecular weight excluding hydrogens is 354 g/mol. The van der Waals surface area contributed by atoms with Gasteiger partial charge in [-0.05, 0) is 30.2 Å². The van der Waals surface area contributed by atoms with Crippen molar-refractivity contribution in [3.05, 3.63) is 71.3 Å². The molecule has 0 aliphatic carbocycles. The minimum absolute atomic E-state index is 0.154. The van der Waals surface area contributed by atoms with E-state index in [1.165, 1.54) is 6.08 Å². The van der Waals surface area contributed by atoms with Gasteiger partial charge in [0.15, 0.2) is 0 Å². The first-order valence-corrected chi connectivity index (χ1v) is 8.37. The molecule has 0 heterocycles. The number of amides is 1. The Labute approximate surface area is 157 Å². The first-order chi connectivity index (χ1) is 12.4. The Morgan fingerprint density at radius 1 is 1.15 bits per heavy atom. The highest BCUT2D eigenvalue weighted by atomic mass is 35.5. The summed E-state index contributed by atoms with van der Waals surface area (Å²) in [6.45, 7) is 1.95. The normalized spacial score (nSPS) is 12.3. The third-order valence-electron chi connectivity index (χ3n) is 3.80. The van der Waals surface area contributed by atoms with Crippen LogP contribution in [0.1, 0.15) is 16.7 Å². The summed E-state index contributed by atoms with van der Waals surface area (Å²) in [5, 5.41) is 12.1. The third kappa shape index (κ3) is 5.63. The van der Waals surface area contributed by atoms with Crippen LogP contribution in [-0.2, 0) is 16.0 Å². The van der Waals surface area contributed by atoms with E-state index in [4.69, 9.17) is 16.3 Å². The maximum absolute atomic E-state index is 12.1. The number of carbonyl (C=O) groups excluding carboxylic acids is 1. The molecule has 0 saturated carbocycles. The number of carboxylic acids is 1. The van der Waals surface area contributed by atoms with Gasteiger partial charge in [-0.3, -0.25) is 4.79 Å². The monoisotopic (exact) mass is 373 g/mol. The van der Waals surface area contributed by atoms with Crippen LogP contribution in [0, 0.1) is 6.92 Å². The van der Waals surface area contributed by atoms with Gasteiger partial charge in [-0.1, -0.05) is 53.6 Å². The van der Waals surface area contributed by atoms with E-state index in [1.54, 1.807) is 43.5 Å². The Hall–Kier alpha value is -2.79. The van der Waals surface area contributed by atoms with Crippen molar-refractivity contribution in [2.24, 2.45) is 0 Å². The number of methoxy groups -OCH3 is 1. The van der Waals surface area contributed by atoms with Crippen molar-refractivity contribution < 1.29 is 19.4 Å². The van der Waals surface area contributed by atoms with E-state index in [0.717, 1.165) is 11.1 Å². The second-order valence-corrected chi connectivity index (χ2v) is 6.22. The van der Waals surface area contributed by atoms with Crippen LogP contribution in [0.15, 0.2) is 54.6 Å². The maximum atomic E-state index is 12.1. The van der Waals surface area contributed by atoms with Gasteiger partial charge in [0.25, 0.3) is 0 Å². The Morgan fingerprint density at radius 2 is 1.77 bits per heavy atom. The number of nitrogens with one attached hydrogen (secondary N) is 1. The fourth-order valence-electron chi connectivity index (χ4n) is 2.32. The van der Waals surface area contributed by atoms with Crippen LogP contribution in [0.3, 0.4) is 0 Å². The number of benzene rings is 2. The number of hydrogen-bond donors (Lipinski definition) is 2. The highest BCUT2D eigenvalue weighted by Gasteiger charge is 2.20. The molecule has 26 heavy (non-hydrogen) atoms. The SMILES string of the molecule is COc1ccc(C[C@H](NC(=O)C=C(Cl)c2ccc(C)cc2)C(=O)O)cc1. The summed E-state index contributed by atoms with van der Waals surface area (Å²) in [5.41, 5.74) is 2.54. The number of halogens is 1. The summed E-state index contributed by atoms with van der Waals surface area (Å²) in [7, 11) is 1.55. The van der Waals surface area contributed by atoms with E-state index in [-0.39, 0.29) is 11.5 Å². The Bertz CT molecular complexity index is 798. The Balaban J connectivity index is 2.05. The van der Waals surface area contributed by atoms with E-state index < -0.39 is 17.9 Å². The average molecular weight is 374 g/mol. The molecule has 136 valence electrons. The van der Waals surface area contributed by atoms with Gasteiger partial charge in [-0.25, -0.2) is 4.79 Å². The fraction of sp³-hybridized carbons (Fsp3) is 0.200. The second kappa shape index (κ2) is 9.06. The van der Waals surface area contributed by atoms with Crippen molar-refractivity contribution in [1.29, 1.82) is 0 Å². The van der Waals surface area contributed by atoms with E-state index in [1.807, 2.05) is 19.1 Å². The molecule has 6 heteroatoms. The van der Waals surface area contributed by atoms with E-state index in [2.05, 4.69) is 5.32 Å². The summed E-state index contributed by atoms with van der Waals surface area (Å²) >= 11 is 6.15. The van der Waals surface area contributed by atoms with Gasteiger partial charge in [0.1, 0.15) is 11.8 Å². The predicted octanol–water partition coefficient (Wildman–Crippen LogP) is 3.40. The number of rotatable bonds is 7. The first kappa shape index (κ1) is 19.5. The number of carboxylic acid groups (broad SMARTS) is 1. The maximum Gasteiger partial charge on any atom is 0.326 e. The molecule has 0 aliphatic rings. The van der Waals surface area contributed by atoms with Gasteiger partial charge < -0.3 is 15.2 Å². The largest absolute Gasteiger partial charge is 0.497 e. The number of aryl methyl sites for hydroxylation is 1. The lowest BCUT2D eigenvalue weighted by atomic mass is 10.1. The zero-order valence-electron chi connectivity index (χ0n) is 14.5. The number of ether oxygens (including phenoxy) is 1. The number of carbonyl (C=O) groups is 2. The average Bonchev–Trinajstić information content (AvgIpc) is 2.62. The molecule has 2 rings (SSSR count). The van der Waals surface area contributed by atoms with Crippen molar-refractivity contribution in [3.8, 4) is 5.75 Å². The molecule has 0 bridgehead atoms. The van der Waals surface area contributed by atoms with E-state index in [0.29, 0.717) is 11.3 Å².